The first kappa shape index (κ1) is 16.7. The molecule has 1 saturated heterocycles. The summed E-state index contributed by atoms with van der Waals surface area (Å²) in [6.07, 6.45) is 2.65. The predicted molar refractivity (Wildman–Crippen MR) is 99.9 cm³/mol. The molecule has 26 heavy (non-hydrogen) atoms. The minimum absolute atomic E-state index is 0.0106. The van der Waals surface area contributed by atoms with Crippen LogP contribution in [0.1, 0.15) is 22.5 Å². The van der Waals surface area contributed by atoms with E-state index in [-0.39, 0.29) is 18.1 Å². The van der Waals surface area contributed by atoms with Gasteiger partial charge in [-0.15, -0.1) is 0 Å². The number of nitrogens with one attached hydrogen (secondary N) is 1. The molecule has 1 aliphatic rings. The number of rotatable bonds is 4. The second-order valence-electron chi connectivity index (χ2n) is 6.94. The van der Waals surface area contributed by atoms with Crippen molar-refractivity contribution in [1.82, 2.24) is 19.7 Å². The molecule has 0 unspecified atom stereocenters. The van der Waals surface area contributed by atoms with Crippen LogP contribution in [0.5, 0.6) is 0 Å². The molecule has 0 saturated carbocycles. The Hall–Kier alpha value is -2.80. The van der Waals surface area contributed by atoms with Crippen molar-refractivity contribution in [2.24, 2.45) is 0 Å². The van der Waals surface area contributed by atoms with E-state index in [1.807, 2.05) is 36.2 Å². The highest BCUT2D eigenvalue weighted by Gasteiger charge is 2.36. The van der Waals surface area contributed by atoms with Gasteiger partial charge in [-0.1, -0.05) is 12.1 Å². The first-order valence-corrected chi connectivity index (χ1v) is 8.75. The summed E-state index contributed by atoms with van der Waals surface area (Å²) in [5.74, 6) is 0.471. The third-order valence-corrected chi connectivity index (χ3v) is 5.04. The number of aryl methyl sites for hydroxylation is 1. The number of nitrogens with zero attached hydrogens (tertiary/aromatic N) is 3. The lowest BCUT2D eigenvalue weighted by molar-refractivity contribution is 0.0674. The lowest BCUT2D eigenvalue weighted by atomic mass is 10.2. The van der Waals surface area contributed by atoms with Gasteiger partial charge in [0.2, 0.25) is 0 Å². The quantitative estimate of drug-likeness (QED) is 0.752. The van der Waals surface area contributed by atoms with Crippen LogP contribution in [0.4, 0.5) is 5.82 Å². The number of hydrogen-bond donors (Lipinski definition) is 2. The fraction of sp³-hybridized carbons (Fsp3) is 0.368. The molecule has 1 amide bonds. The van der Waals surface area contributed by atoms with Crippen molar-refractivity contribution in [2.75, 3.05) is 19.4 Å². The van der Waals surface area contributed by atoms with Crippen LogP contribution in [0.3, 0.4) is 0 Å². The Morgan fingerprint density at radius 1 is 1.38 bits per heavy atom. The molecule has 136 valence electrons. The number of carbonyl (C=O) groups excluding carboxylic acids is 1. The zero-order valence-corrected chi connectivity index (χ0v) is 15.0. The summed E-state index contributed by atoms with van der Waals surface area (Å²) in [6.45, 7) is 3.21. The highest BCUT2D eigenvalue weighted by Crippen LogP contribution is 2.25. The van der Waals surface area contributed by atoms with Crippen molar-refractivity contribution in [3.8, 4) is 0 Å². The van der Waals surface area contributed by atoms with Crippen LogP contribution in [0, 0.1) is 6.92 Å². The molecule has 3 N–H and O–H groups in total. The predicted octanol–water partition coefficient (Wildman–Crippen LogP) is 2.18. The van der Waals surface area contributed by atoms with E-state index in [1.165, 1.54) is 0 Å². The number of ether oxygens (including phenoxy) is 1. The maximum Gasteiger partial charge on any atom is 0.270 e. The van der Waals surface area contributed by atoms with Gasteiger partial charge < -0.3 is 20.4 Å². The van der Waals surface area contributed by atoms with Gasteiger partial charge in [-0.25, -0.2) is 0 Å². The number of amides is 1. The van der Waals surface area contributed by atoms with Crippen LogP contribution in [0.2, 0.25) is 0 Å². The van der Waals surface area contributed by atoms with Crippen LogP contribution in [-0.2, 0) is 11.3 Å². The van der Waals surface area contributed by atoms with Crippen molar-refractivity contribution >= 4 is 22.6 Å². The summed E-state index contributed by atoms with van der Waals surface area (Å²) < 4.78 is 7.30. The highest BCUT2D eigenvalue weighted by molar-refractivity contribution is 5.98. The second-order valence-corrected chi connectivity index (χ2v) is 6.94. The number of anilines is 1. The molecule has 0 spiro atoms. The topological polar surface area (TPSA) is 89.2 Å². The summed E-state index contributed by atoms with van der Waals surface area (Å²) >= 11 is 0. The molecule has 1 aliphatic heterocycles. The standard InChI is InChI=1S/C19H23N5O2/c1-12-3-4-13-8-17(21-16(13)7-12)19(25)24-11-15(26-2)9-14(24)10-23-6-5-18(20)22-23/h3-8,14-15,21H,9-11H2,1-2H3,(H2,20,22)/t14-,15+/m0/s1. The number of aromatic nitrogens is 3. The number of H-pyrrole nitrogens is 1. The normalized spacial score (nSPS) is 20.2. The minimum atomic E-state index is -0.0106. The van der Waals surface area contributed by atoms with Crippen molar-refractivity contribution in [1.29, 1.82) is 0 Å². The number of fused-ring (bicyclic) bond motifs is 1. The molecule has 2 atom stereocenters. The Morgan fingerprint density at radius 2 is 2.23 bits per heavy atom. The number of nitrogens with two attached hydrogens (primary N) is 1. The maximum absolute atomic E-state index is 13.2. The Bertz CT molecular complexity index is 944. The third-order valence-electron chi connectivity index (χ3n) is 5.04. The first-order chi connectivity index (χ1) is 12.5. The number of carbonyl (C=O) groups is 1. The monoisotopic (exact) mass is 353 g/mol. The average molecular weight is 353 g/mol. The number of nitrogen functional groups attached to an aromatic ring is 1. The molecule has 2 aromatic heterocycles. The first-order valence-electron chi connectivity index (χ1n) is 8.75. The minimum Gasteiger partial charge on any atom is -0.382 e. The van der Waals surface area contributed by atoms with Crippen molar-refractivity contribution < 1.29 is 9.53 Å². The van der Waals surface area contributed by atoms with Gasteiger partial charge in [0.1, 0.15) is 11.5 Å². The lowest BCUT2D eigenvalue weighted by Gasteiger charge is -2.23. The molecular formula is C19H23N5O2. The molecule has 0 radical (unpaired) electrons. The van der Waals surface area contributed by atoms with E-state index < -0.39 is 0 Å². The van der Waals surface area contributed by atoms with E-state index in [4.69, 9.17) is 10.5 Å². The van der Waals surface area contributed by atoms with Crippen LogP contribution in [-0.4, -0.2) is 51.4 Å². The van der Waals surface area contributed by atoms with Gasteiger partial charge >= 0.3 is 0 Å². The average Bonchev–Trinajstić information content (AvgIpc) is 3.32. The fourth-order valence-electron chi connectivity index (χ4n) is 3.67. The Morgan fingerprint density at radius 3 is 2.96 bits per heavy atom. The van der Waals surface area contributed by atoms with Gasteiger partial charge in [0.05, 0.1) is 18.7 Å². The van der Waals surface area contributed by atoms with Crippen molar-refractivity contribution in [2.45, 2.75) is 32.0 Å². The number of benzene rings is 1. The number of likely N-dealkylation sites (tertiary alicyclic amines) is 1. The van der Waals surface area contributed by atoms with Crippen LogP contribution >= 0.6 is 0 Å². The Kier molecular flexibility index (Phi) is 4.16. The van der Waals surface area contributed by atoms with Gasteiger partial charge in [0.15, 0.2) is 0 Å². The molecule has 7 nitrogen and oxygen atoms in total. The molecule has 4 rings (SSSR count). The molecule has 3 heterocycles. The van der Waals surface area contributed by atoms with Crippen LogP contribution in [0.25, 0.3) is 10.9 Å². The van der Waals surface area contributed by atoms with Gasteiger partial charge in [-0.3, -0.25) is 9.48 Å². The van der Waals surface area contributed by atoms with Gasteiger partial charge in [0.25, 0.3) is 5.91 Å². The summed E-state index contributed by atoms with van der Waals surface area (Å²) in [5, 5.41) is 5.28. The zero-order valence-electron chi connectivity index (χ0n) is 15.0. The summed E-state index contributed by atoms with van der Waals surface area (Å²) in [5.41, 5.74) is 8.45. The van der Waals surface area contributed by atoms with Gasteiger partial charge in [-0.2, -0.15) is 5.10 Å². The van der Waals surface area contributed by atoms with E-state index in [9.17, 15) is 4.79 Å². The molecule has 0 aliphatic carbocycles. The van der Waals surface area contributed by atoms with Crippen LogP contribution in [0.15, 0.2) is 36.5 Å². The third kappa shape index (κ3) is 3.06. The fourth-order valence-corrected chi connectivity index (χ4v) is 3.67. The molecule has 0 bridgehead atoms. The Labute approximate surface area is 151 Å². The molecule has 1 aromatic carbocycles. The summed E-state index contributed by atoms with van der Waals surface area (Å²) in [6, 6.07) is 9.82. The van der Waals surface area contributed by atoms with E-state index >= 15 is 0 Å². The zero-order chi connectivity index (χ0) is 18.3. The SMILES string of the molecule is CO[C@@H]1C[C@@H](Cn2ccc(N)n2)N(C(=O)c2cc3ccc(C)cc3[nH]2)C1. The summed E-state index contributed by atoms with van der Waals surface area (Å²) in [4.78, 5) is 18.3. The van der Waals surface area contributed by atoms with Crippen molar-refractivity contribution in [3.05, 3.63) is 47.8 Å². The van der Waals surface area contributed by atoms with Gasteiger partial charge in [-0.05, 0) is 37.1 Å². The van der Waals surface area contributed by atoms with Crippen LogP contribution < -0.4 is 5.73 Å². The highest BCUT2D eigenvalue weighted by atomic mass is 16.5. The molecular weight excluding hydrogens is 330 g/mol. The summed E-state index contributed by atoms with van der Waals surface area (Å²) in [7, 11) is 1.69. The number of hydrogen-bond acceptors (Lipinski definition) is 4. The van der Waals surface area contributed by atoms with E-state index in [0.717, 1.165) is 22.9 Å². The van der Waals surface area contributed by atoms with E-state index in [1.54, 1.807) is 17.9 Å². The molecule has 7 heteroatoms. The number of methoxy groups -OCH3 is 1. The molecule has 1 fully saturated rings. The molecule has 3 aromatic rings. The maximum atomic E-state index is 13.2. The van der Waals surface area contributed by atoms with E-state index in [2.05, 4.69) is 16.1 Å². The smallest absolute Gasteiger partial charge is 0.270 e. The lowest BCUT2D eigenvalue weighted by Crippen LogP contribution is -2.38. The van der Waals surface area contributed by atoms with Crippen molar-refractivity contribution in [3.63, 3.8) is 0 Å². The van der Waals surface area contributed by atoms with Gasteiger partial charge in [0, 0.05) is 30.8 Å². The Balaban J connectivity index is 1.60. The largest absolute Gasteiger partial charge is 0.382 e. The number of aromatic amines is 1. The van der Waals surface area contributed by atoms with E-state index in [0.29, 0.717) is 24.6 Å². The second kappa shape index (κ2) is 6.49.